The van der Waals surface area contributed by atoms with Crippen LogP contribution in [0.2, 0.25) is 0 Å². The van der Waals surface area contributed by atoms with Crippen LogP contribution in [0.5, 0.6) is 0 Å². The lowest BCUT2D eigenvalue weighted by atomic mass is 9.92. The maximum absolute atomic E-state index is 10.6. The largest absolute Gasteiger partial charge is 0.478 e. The van der Waals surface area contributed by atoms with Gasteiger partial charge < -0.3 is 9.90 Å². The molecule has 13 heavy (non-hydrogen) atoms. The van der Waals surface area contributed by atoms with Crippen LogP contribution < -0.4 is 0 Å². The van der Waals surface area contributed by atoms with E-state index in [0.717, 1.165) is 6.29 Å². The summed E-state index contributed by atoms with van der Waals surface area (Å²) in [4.78, 5) is 21.2. The molecular formula is C10H10O3. The van der Waals surface area contributed by atoms with Crippen LogP contribution in [0.15, 0.2) is 36.0 Å². The minimum atomic E-state index is -0.990. The van der Waals surface area contributed by atoms with Crippen molar-refractivity contribution in [3.63, 3.8) is 0 Å². The lowest BCUT2D eigenvalue weighted by molar-refractivity contribution is -0.132. The highest BCUT2D eigenvalue weighted by Crippen LogP contribution is 2.20. The van der Waals surface area contributed by atoms with Crippen LogP contribution in [-0.2, 0) is 9.59 Å². The number of rotatable bonds is 2. The van der Waals surface area contributed by atoms with Crippen molar-refractivity contribution in [3.8, 4) is 0 Å². The summed E-state index contributed by atoms with van der Waals surface area (Å²) in [6.07, 6.45) is 8.50. The zero-order chi connectivity index (χ0) is 9.90. The minimum Gasteiger partial charge on any atom is -0.478 e. The Bertz CT molecular complexity index is 323. The molecule has 0 saturated carbocycles. The summed E-state index contributed by atoms with van der Waals surface area (Å²) in [6, 6.07) is 0. The van der Waals surface area contributed by atoms with Gasteiger partial charge in [0.2, 0.25) is 0 Å². The average molecular weight is 178 g/mol. The highest BCUT2D eigenvalue weighted by Gasteiger charge is 2.17. The van der Waals surface area contributed by atoms with Gasteiger partial charge in [0.15, 0.2) is 0 Å². The first-order valence-electron chi connectivity index (χ1n) is 3.86. The number of allylic oxidation sites excluding steroid dienone is 4. The molecule has 68 valence electrons. The topological polar surface area (TPSA) is 54.4 Å². The van der Waals surface area contributed by atoms with Crippen LogP contribution in [0.1, 0.15) is 6.92 Å². The number of hydrogen-bond donors (Lipinski definition) is 1. The SMILES string of the molecule is CC1(C=O)C=CC=C(C(=O)O)C=C1. The fraction of sp³-hybridized carbons (Fsp3) is 0.200. The molecule has 0 saturated heterocycles. The lowest BCUT2D eigenvalue weighted by Crippen LogP contribution is -2.10. The molecule has 1 atom stereocenters. The highest BCUT2D eigenvalue weighted by molar-refractivity contribution is 5.90. The smallest absolute Gasteiger partial charge is 0.335 e. The number of carbonyl (C=O) groups excluding carboxylic acids is 1. The molecule has 1 N–H and O–H groups in total. The highest BCUT2D eigenvalue weighted by atomic mass is 16.4. The standard InChI is InChI=1S/C10H10O3/c1-10(7-11)5-2-3-8(4-6-10)9(12)13/h2-7H,1H3,(H,12,13). The van der Waals surface area contributed by atoms with Gasteiger partial charge in [-0.3, -0.25) is 0 Å². The molecule has 0 aliphatic heterocycles. The molecule has 0 radical (unpaired) electrons. The maximum atomic E-state index is 10.6. The summed E-state index contributed by atoms with van der Waals surface area (Å²) in [7, 11) is 0. The molecule has 1 rings (SSSR count). The maximum Gasteiger partial charge on any atom is 0.335 e. The molecule has 0 bridgehead atoms. The zero-order valence-corrected chi connectivity index (χ0v) is 7.23. The number of carbonyl (C=O) groups is 2. The van der Waals surface area contributed by atoms with Gasteiger partial charge in [0.1, 0.15) is 6.29 Å². The Morgan fingerprint density at radius 1 is 1.54 bits per heavy atom. The van der Waals surface area contributed by atoms with E-state index >= 15 is 0 Å². The van der Waals surface area contributed by atoms with Crippen molar-refractivity contribution in [1.29, 1.82) is 0 Å². The molecule has 1 aliphatic carbocycles. The molecule has 0 amide bonds. The van der Waals surface area contributed by atoms with E-state index in [9.17, 15) is 9.59 Å². The molecule has 0 aromatic heterocycles. The Balaban J connectivity index is 2.99. The molecule has 0 fully saturated rings. The Morgan fingerprint density at radius 3 is 2.77 bits per heavy atom. The van der Waals surface area contributed by atoms with Gasteiger partial charge >= 0.3 is 5.97 Å². The Hall–Kier alpha value is -1.64. The van der Waals surface area contributed by atoms with Crippen LogP contribution in [0.3, 0.4) is 0 Å². The van der Waals surface area contributed by atoms with Crippen LogP contribution in [-0.4, -0.2) is 17.4 Å². The van der Waals surface area contributed by atoms with Crippen LogP contribution >= 0.6 is 0 Å². The Morgan fingerprint density at radius 2 is 2.23 bits per heavy atom. The second-order valence-corrected chi connectivity index (χ2v) is 3.10. The minimum absolute atomic E-state index is 0.182. The van der Waals surface area contributed by atoms with Crippen LogP contribution in [0.4, 0.5) is 0 Å². The molecule has 1 aliphatic rings. The molecule has 0 spiro atoms. The van der Waals surface area contributed by atoms with Crippen LogP contribution in [0, 0.1) is 5.41 Å². The molecule has 0 heterocycles. The monoisotopic (exact) mass is 178 g/mol. The molecule has 3 heteroatoms. The van der Waals surface area contributed by atoms with Crippen molar-refractivity contribution in [2.24, 2.45) is 5.41 Å². The predicted octanol–water partition coefficient (Wildman–Crippen LogP) is 1.33. The third-order valence-electron chi connectivity index (χ3n) is 1.85. The summed E-state index contributed by atoms with van der Waals surface area (Å²) >= 11 is 0. The summed E-state index contributed by atoms with van der Waals surface area (Å²) in [5.74, 6) is -0.990. The number of aldehydes is 1. The fourth-order valence-electron chi connectivity index (χ4n) is 0.961. The normalized spacial score (nSPS) is 26.4. The fourth-order valence-corrected chi connectivity index (χ4v) is 0.961. The van der Waals surface area contributed by atoms with Gasteiger partial charge in [-0.1, -0.05) is 24.3 Å². The first-order valence-corrected chi connectivity index (χ1v) is 3.86. The van der Waals surface area contributed by atoms with Gasteiger partial charge in [0.25, 0.3) is 0 Å². The van der Waals surface area contributed by atoms with Gasteiger partial charge in [0.05, 0.1) is 11.0 Å². The molecule has 0 aromatic carbocycles. The van der Waals surface area contributed by atoms with Crippen molar-refractivity contribution in [1.82, 2.24) is 0 Å². The lowest BCUT2D eigenvalue weighted by Gasteiger charge is -2.10. The van der Waals surface area contributed by atoms with E-state index < -0.39 is 11.4 Å². The number of aliphatic carboxylic acids is 1. The second-order valence-electron chi connectivity index (χ2n) is 3.10. The van der Waals surface area contributed by atoms with Gasteiger partial charge in [-0.05, 0) is 13.0 Å². The molecular weight excluding hydrogens is 168 g/mol. The van der Waals surface area contributed by atoms with Crippen molar-refractivity contribution in [3.05, 3.63) is 36.0 Å². The zero-order valence-electron chi connectivity index (χ0n) is 7.23. The van der Waals surface area contributed by atoms with Crippen molar-refractivity contribution in [2.75, 3.05) is 0 Å². The van der Waals surface area contributed by atoms with Crippen LogP contribution in [0.25, 0.3) is 0 Å². The van der Waals surface area contributed by atoms with Gasteiger partial charge in [0, 0.05) is 0 Å². The average Bonchev–Trinajstić information content (AvgIpc) is 2.28. The van der Waals surface area contributed by atoms with E-state index in [0.29, 0.717) is 0 Å². The van der Waals surface area contributed by atoms with E-state index in [1.165, 1.54) is 12.2 Å². The third kappa shape index (κ3) is 2.15. The van der Waals surface area contributed by atoms with E-state index in [4.69, 9.17) is 5.11 Å². The van der Waals surface area contributed by atoms with Crippen molar-refractivity contribution >= 4 is 12.3 Å². The molecule has 1 unspecified atom stereocenters. The first kappa shape index (κ1) is 9.45. The third-order valence-corrected chi connectivity index (χ3v) is 1.85. The van der Waals surface area contributed by atoms with Gasteiger partial charge in [-0.25, -0.2) is 4.79 Å². The van der Waals surface area contributed by atoms with E-state index in [1.54, 1.807) is 25.2 Å². The summed E-state index contributed by atoms with van der Waals surface area (Å²) in [5.41, 5.74) is -0.505. The number of carboxylic acid groups (broad SMARTS) is 1. The predicted molar refractivity (Wildman–Crippen MR) is 48.2 cm³/mol. The van der Waals surface area contributed by atoms with E-state index in [-0.39, 0.29) is 5.57 Å². The van der Waals surface area contributed by atoms with E-state index in [1.807, 2.05) is 0 Å². The summed E-state index contributed by atoms with van der Waals surface area (Å²) < 4.78 is 0. The van der Waals surface area contributed by atoms with Crippen molar-refractivity contribution in [2.45, 2.75) is 6.92 Å². The number of hydrogen-bond acceptors (Lipinski definition) is 2. The Kier molecular flexibility index (Phi) is 2.46. The second kappa shape index (κ2) is 3.39. The summed E-state index contributed by atoms with van der Waals surface area (Å²) in [5, 5.41) is 8.66. The number of carboxylic acids is 1. The Labute approximate surface area is 76.1 Å². The summed E-state index contributed by atoms with van der Waals surface area (Å²) in [6.45, 7) is 1.71. The van der Waals surface area contributed by atoms with Gasteiger partial charge in [-0.2, -0.15) is 0 Å². The quantitative estimate of drug-likeness (QED) is 0.649. The van der Waals surface area contributed by atoms with E-state index in [2.05, 4.69) is 0 Å². The van der Waals surface area contributed by atoms with Gasteiger partial charge in [-0.15, -0.1) is 0 Å². The molecule has 3 nitrogen and oxygen atoms in total. The first-order chi connectivity index (χ1) is 6.07. The van der Waals surface area contributed by atoms with Crippen molar-refractivity contribution < 1.29 is 14.7 Å². The molecule has 0 aromatic rings.